The molecule has 0 saturated heterocycles. The summed E-state index contributed by atoms with van der Waals surface area (Å²) in [7, 11) is 0. The lowest BCUT2D eigenvalue weighted by molar-refractivity contribution is -0.137. The zero-order chi connectivity index (χ0) is 36.7. The van der Waals surface area contributed by atoms with Crippen LogP contribution in [-0.4, -0.2) is 17.7 Å². The highest BCUT2D eigenvalue weighted by Crippen LogP contribution is 2.40. The van der Waals surface area contributed by atoms with Crippen LogP contribution in [0.2, 0.25) is 5.02 Å². The second kappa shape index (κ2) is 16.0. The van der Waals surface area contributed by atoms with Gasteiger partial charge in [0, 0.05) is 21.2 Å². The summed E-state index contributed by atoms with van der Waals surface area (Å²) in [6.07, 6.45) is -3.12. The first-order chi connectivity index (χ1) is 25.0. The molecule has 0 aliphatic carbocycles. The topological polar surface area (TPSA) is 87.3 Å². The van der Waals surface area contributed by atoms with Crippen molar-refractivity contribution in [3.05, 3.63) is 179 Å². The number of carbonyl (C=O) groups excluding carboxylic acids is 3. The predicted molar refractivity (Wildman–Crippen MR) is 201 cm³/mol. The van der Waals surface area contributed by atoms with Crippen molar-refractivity contribution in [1.82, 2.24) is 5.32 Å². The number of hydrogen-bond acceptors (Lipinski definition) is 4. The van der Waals surface area contributed by atoms with Gasteiger partial charge in [0.2, 0.25) is 5.91 Å². The Kier molecular flexibility index (Phi) is 11.1. The second-order valence-electron chi connectivity index (χ2n) is 11.5. The first-order valence-corrected chi connectivity index (χ1v) is 17.2. The minimum absolute atomic E-state index is 0.0184. The van der Waals surface area contributed by atoms with E-state index in [2.05, 4.69) is 16.0 Å². The third-order valence-electron chi connectivity index (χ3n) is 7.90. The smallest absolute Gasteiger partial charge is 0.324 e. The van der Waals surface area contributed by atoms with E-state index in [0.717, 1.165) is 40.2 Å². The SMILES string of the molecule is O=C(Nc1ccc(SC(C(=O)Nc2ccc(Cl)cc2C(F)(F)F)c2ccccc2)cc1)/C(=C/c1cccc2ccccc12)NC(=O)c1ccccc1. The average Bonchev–Trinajstić information content (AvgIpc) is 3.15. The number of hydrogen-bond donors (Lipinski definition) is 3. The molecule has 6 rings (SSSR count). The molecular formula is C41H29ClF3N3O3S. The third-order valence-corrected chi connectivity index (χ3v) is 9.40. The number of thioether (sulfide) groups is 1. The van der Waals surface area contributed by atoms with Crippen molar-refractivity contribution in [2.45, 2.75) is 16.3 Å². The highest BCUT2D eigenvalue weighted by atomic mass is 35.5. The number of anilines is 2. The summed E-state index contributed by atoms with van der Waals surface area (Å²) >= 11 is 6.95. The van der Waals surface area contributed by atoms with Gasteiger partial charge in [0.15, 0.2) is 0 Å². The zero-order valence-electron chi connectivity index (χ0n) is 27.2. The molecule has 0 bridgehead atoms. The Balaban J connectivity index is 1.23. The monoisotopic (exact) mass is 735 g/mol. The molecule has 260 valence electrons. The Morgan fingerprint density at radius 1 is 0.712 bits per heavy atom. The molecule has 6 aromatic rings. The summed E-state index contributed by atoms with van der Waals surface area (Å²) < 4.78 is 41.3. The quantitative estimate of drug-likeness (QED) is 0.0966. The Morgan fingerprint density at radius 2 is 1.37 bits per heavy atom. The van der Waals surface area contributed by atoms with Gasteiger partial charge in [-0.25, -0.2) is 0 Å². The van der Waals surface area contributed by atoms with Crippen LogP contribution in [0.5, 0.6) is 0 Å². The molecule has 0 fully saturated rings. The fraction of sp³-hybridized carbons (Fsp3) is 0.0488. The molecule has 52 heavy (non-hydrogen) atoms. The van der Waals surface area contributed by atoms with Gasteiger partial charge < -0.3 is 16.0 Å². The highest BCUT2D eigenvalue weighted by Gasteiger charge is 2.35. The standard InChI is InChI=1S/C41H29ClF3N3O3S/c42-30-18-23-35(34(25-30)41(43,44)45)47-40(51)37(27-11-3-1-4-12-27)52-32-21-19-31(20-22-32)46-39(50)36(48-38(49)28-13-5-2-6-14-28)24-29-16-9-15-26-10-7-8-17-33(26)29/h1-25,37H,(H,46,50)(H,47,51)(H,48,49)/b36-24-. The van der Waals surface area contributed by atoms with Crippen LogP contribution in [-0.2, 0) is 15.8 Å². The normalized spacial score (nSPS) is 12.2. The van der Waals surface area contributed by atoms with E-state index in [9.17, 15) is 27.6 Å². The molecule has 1 unspecified atom stereocenters. The van der Waals surface area contributed by atoms with E-state index in [0.29, 0.717) is 21.7 Å². The molecule has 0 heterocycles. The largest absolute Gasteiger partial charge is 0.418 e. The summed E-state index contributed by atoms with van der Waals surface area (Å²) in [5.74, 6) is -1.69. The summed E-state index contributed by atoms with van der Waals surface area (Å²) in [5.41, 5.74) is 0.640. The maximum Gasteiger partial charge on any atom is 0.418 e. The number of fused-ring (bicyclic) bond motifs is 1. The molecular weight excluding hydrogens is 707 g/mol. The van der Waals surface area contributed by atoms with Crippen molar-refractivity contribution in [3.8, 4) is 0 Å². The van der Waals surface area contributed by atoms with Crippen molar-refractivity contribution >= 4 is 69.3 Å². The van der Waals surface area contributed by atoms with Crippen molar-refractivity contribution in [1.29, 1.82) is 0 Å². The number of rotatable bonds is 10. The van der Waals surface area contributed by atoms with Gasteiger partial charge in [-0.1, -0.05) is 103 Å². The summed E-state index contributed by atoms with van der Waals surface area (Å²) in [5, 5.41) is 8.85. The van der Waals surface area contributed by atoms with Gasteiger partial charge in [0.25, 0.3) is 11.8 Å². The fourth-order valence-corrected chi connectivity index (χ4v) is 6.58. The Morgan fingerprint density at radius 3 is 2.08 bits per heavy atom. The van der Waals surface area contributed by atoms with E-state index in [1.165, 1.54) is 6.07 Å². The highest BCUT2D eigenvalue weighted by molar-refractivity contribution is 8.00. The molecule has 0 aliphatic rings. The number of amides is 3. The van der Waals surface area contributed by atoms with E-state index in [1.54, 1.807) is 91.0 Å². The molecule has 0 saturated carbocycles. The molecule has 3 N–H and O–H groups in total. The van der Waals surface area contributed by atoms with Crippen LogP contribution in [0.4, 0.5) is 24.5 Å². The molecule has 3 amide bonds. The summed E-state index contributed by atoms with van der Waals surface area (Å²) in [6, 6.07) is 40.4. The summed E-state index contributed by atoms with van der Waals surface area (Å²) in [6.45, 7) is 0. The maximum atomic E-state index is 13.8. The molecule has 0 radical (unpaired) electrons. The molecule has 0 aliphatic heterocycles. The number of alkyl halides is 3. The van der Waals surface area contributed by atoms with E-state index < -0.39 is 40.4 Å². The van der Waals surface area contributed by atoms with Crippen LogP contribution in [0, 0.1) is 0 Å². The lowest BCUT2D eigenvalue weighted by Crippen LogP contribution is -2.30. The number of halogens is 4. The van der Waals surface area contributed by atoms with Crippen LogP contribution < -0.4 is 16.0 Å². The van der Waals surface area contributed by atoms with Gasteiger partial charge in [-0.15, -0.1) is 11.8 Å². The van der Waals surface area contributed by atoms with Crippen molar-refractivity contribution in [2.75, 3.05) is 10.6 Å². The Bertz CT molecular complexity index is 2260. The van der Waals surface area contributed by atoms with E-state index in [-0.39, 0.29) is 10.7 Å². The average molecular weight is 736 g/mol. The zero-order valence-corrected chi connectivity index (χ0v) is 28.7. The minimum Gasteiger partial charge on any atom is -0.324 e. The van der Waals surface area contributed by atoms with Gasteiger partial charge in [-0.05, 0) is 82.6 Å². The lowest BCUT2D eigenvalue weighted by Gasteiger charge is -2.20. The molecule has 6 aromatic carbocycles. The molecule has 0 aromatic heterocycles. The van der Waals surface area contributed by atoms with E-state index >= 15 is 0 Å². The van der Waals surface area contributed by atoms with Crippen molar-refractivity contribution in [2.24, 2.45) is 0 Å². The second-order valence-corrected chi connectivity index (χ2v) is 13.1. The van der Waals surface area contributed by atoms with Gasteiger partial charge in [-0.3, -0.25) is 14.4 Å². The van der Waals surface area contributed by atoms with Crippen LogP contribution in [0.25, 0.3) is 16.8 Å². The van der Waals surface area contributed by atoms with Crippen LogP contribution in [0.3, 0.4) is 0 Å². The van der Waals surface area contributed by atoms with Crippen LogP contribution >= 0.6 is 23.4 Å². The predicted octanol–water partition coefficient (Wildman–Crippen LogP) is 10.4. The number of benzene rings is 6. The first-order valence-electron chi connectivity index (χ1n) is 15.9. The van der Waals surface area contributed by atoms with Crippen molar-refractivity contribution in [3.63, 3.8) is 0 Å². The maximum absolute atomic E-state index is 13.8. The first kappa shape index (κ1) is 36.0. The van der Waals surface area contributed by atoms with E-state index in [4.69, 9.17) is 11.6 Å². The van der Waals surface area contributed by atoms with Gasteiger partial charge in [-0.2, -0.15) is 13.2 Å². The molecule has 0 spiro atoms. The summed E-state index contributed by atoms with van der Waals surface area (Å²) in [4.78, 5) is 41.0. The third kappa shape index (κ3) is 8.90. The van der Waals surface area contributed by atoms with Gasteiger partial charge in [0.1, 0.15) is 10.9 Å². The van der Waals surface area contributed by atoms with Gasteiger partial charge in [0.05, 0.1) is 11.3 Å². The number of carbonyl (C=O) groups is 3. The molecule has 6 nitrogen and oxygen atoms in total. The Labute approximate surface area is 306 Å². The Hall–Kier alpha value is -5.84. The van der Waals surface area contributed by atoms with Crippen LogP contribution in [0.15, 0.2) is 156 Å². The lowest BCUT2D eigenvalue weighted by atomic mass is 10.0. The van der Waals surface area contributed by atoms with Crippen LogP contribution in [0.1, 0.15) is 32.3 Å². The fourth-order valence-electron chi connectivity index (χ4n) is 5.38. The van der Waals surface area contributed by atoms with E-state index in [1.807, 2.05) is 42.5 Å². The van der Waals surface area contributed by atoms with Crippen molar-refractivity contribution < 1.29 is 27.6 Å². The molecule has 11 heteroatoms. The van der Waals surface area contributed by atoms with Gasteiger partial charge >= 0.3 is 6.18 Å². The number of nitrogens with one attached hydrogen (secondary N) is 3. The molecule has 1 atom stereocenters. The minimum atomic E-state index is -4.74.